The Bertz CT molecular complexity index is 1540. The Morgan fingerprint density at radius 2 is 1.84 bits per heavy atom. The minimum absolute atomic E-state index is 0.0470. The number of nitrogens with zero attached hydrogens (tertiary/aromatic N) is 2. The largest absolute Gasteiger partial charge is 0.421 e. The van der Waals surface area contributed by atoms with E-state index in [9.17, 15) is 18.0 Å². The summed E-state index contributed by atoms with van der Waals surface area (Å²) in [6.07, 6.45) is -1.67. The number of amides is 1. The summed E-state index contributed by atoms with van der Waals surface area (Å²) in [6, 6.07) is 22.0. The van der Waals surface area contributed by atoms with Crippen LogP contribution < -0.4 is 26.7 Å². The van der Waals surface area contributed by atoms with Gasteiger partial charge < -0.3 is 21.3 Å². The van der Waals surface area contributed by atoms with Gasteiger partial charge in [0.25, 0.3) is 5.91 Å². The highest BCUT2D eigenvalue weighted by Crippen LogP contribution is 2.36. The van der Waals surface area contributed by atoms with Crippen molar-refractivity contribution in [3.8, 4) is 0 Å². The lowest BCUT2D eigenvalue weighted by Gasteiger charge is -2.23. The minimum Gasteiger partial charge on any atom is -0.381 e. The van der Waals surface area contributed by atoms with Crippen molar-refractivity contribution in [1.29, 1.82) is 0 Å². The number of alkyl halides is 3. The fourth-order valence-corrected chi connectivity index (χ4v) is 4.89. The van der Waals surface area contributed by atoms with Crippen LogP contribution in [0.3, 0.4) is 0 Å². The number of rotatable bonds is 10. The second-order valence-electron chi connectivity index (χ2n) is 10.1. The van der Waals surface area contributed by atoms with Gasteiger partial charge in [0.15, 0.2) is 0 Å². The molecule has 2 heterocycles. The zero-order valence-electron chi connectivity index (χ0n) is 23.5. The predicted octanol–water partition coefficient (Wildman–Crippen LogP) is 6.35. The maximum absolute atomic E-state index is 13.8. The van der Waals surface area contributed by atoms with Gasteiger partial charge in [0.2, 0.25) is 5.95 Å². The molecule has 1 aliphatic heterocycles. The summed E-state index contributed by atoms with van der Waals surface area (Å²) >= 11 is 0. The van der Waals surface area contributed by atoms with Crippen molar-refractivity contribution in [2.75, 3.05) is 36.1 Å². The molecule has 224 valence electrons. The molecule has 9 nitrogen and oxygen atoms in total. The van der Waals surface area contributed by atoms with Crippen molar-refractivity contribution in [3.05, 3.63) is 101 Å². The van der Waals surface area contributed by atoms with Crippen molar-refractivity contribution in [3.63, 3.8) is 0 Å². The minimum atomic E-state index is -4.73. The Labute approximate surface area is 247 Å². The number of hydrogen-bond donors (Lipinski definition) is 5. The summed E-state index contributed by atoms with van der Waals surface area (Å²) in [7, 11) is 1.26. The summed E-state index contributed by atoms with van der Waals surface area (Å²) in [5, 5.41) is 12.5. The molecule has 1 unspecified atom stereocenters. The molecule has 0 bridgehead atoms. The number of aromatic nitrogens is 2. The van der Waals surface area contributed by atoms with E-state index in [0.717, 1.165) is 24.3 Å². The molecule has 12 heteroatoms. The number of benzene rings is 3. The highest BCUT2D eigenvalue weighted by Gasteiger charge is 2.35. The van der Waals surface area contributed by atoms with Gasteiger partial charge >= 0.3 is 6.18 Å². The fraction of sp³-hybridized carbons (Fsp3) is 0.258. The SMILES string of the molecule is CONC(=O)c1ccccc1Nc1nc(Nc2ccc(CNc3cccc(C4CCCNC4)c3)cc2)ncc1C(F)(F)F. The molecule has 43 heavy (non-hydrogen) atoms. The lowest BCUT2D eigenvalue weighted by molar-refractivity contribution is -0.137. The third-order valence-electron chi connectivity index (χ3n) is 7.08. The molecule has 0 saturated carbocycles. The van der Waals surface area contributed by atoms with Crippen LogP contribution in [-0.4, -0.2) is 36.1 Å². The molecule has 1 aromatic heterocycles. The third kappa shape index (κ3) is 7.79. The normalized spacial score (nSPS) is 15.0. The van der Waals surface area contributed by atoms with Crippen LogP contribution in [0.4, 0.5) is 42.0 Å². The number of nitrogens with one attached hydrogen (secondary N) is 5. The van der Waals surface area contributed by atoms with Gasteiger partial charge in [0, 0.05) is 30.7 Å². The molecular weight excluding hydrogens is 559 g/mol. The fourth-order valence-electron chi connectivity index (χ4n) is 4.89. The second kappa shape index (κ2) is 13.5. The standard InChI is InChI=1S/C31H32F3N7O2/c1-43-41-29(42)25-9-2-3-10-27(25)39-28-26(31(32,33)34)19-37-30(40-28)38-23-13-11-20(12-14-23)17-36-24-8-4-6-21(16-24)22-7-5-15-35-18-22/h2-4,6,8-14,16,19,22,35-36H,5,7,15,17-18H2,1H3,(H,41,42)(H2,37,38,39,40). The maximum Gasteiger partial charge on any atom is 0.421 e. The van der Waals surface area contributed by atoms with Crippen LogP contribution >= 0.6 is 0 Å². The molecular formula is C31H32F3N7O2. The van der Waals surface area contributed by atoms with E-state index in [1.807, 2.05) is 18.2 Å². The molecule has 0 radical (unpaired) electrons. The average molecular weight is 592 g/mol. The number of carbonyl (C=O) groups excluding carboxylic acids is 1. The van der Waals surface area contributed by atoms with Crippen LogP contribution in [-0.2, 0) is 17.6 Å². The number of hydrogen-bond acceptors (Lipinski definition) is 8. The van der Waals surface area contributed by atoms with Gasteiger partial charge in [-0.2, -0.15) is 18.2 Å². The quantitative estimate of drug-likeness (QED) is 0.136. The molecule has 3 aromatic carbocycles. The topological polar surface area (TPSA) is 112 Å². The van der Waals surface area contributed by atoms with E-state index in [1.165, 1.54) is 37.6 Å². The first-order valence-electron chi connectivity index (χ1n) is 13.8. The molecule has 0 spiro atoms. The van der Waals surface area contributed by atoms with E-state index in [0.29, 0.717) is 24.3 Å². The number of para-hydroxylation sites is 1. The first-order valence-corrected chi connectivity index (χ1v) is 13.8. The summed E-state index contributed by atoms with van der Waals surface area (Å²) in [6.45, 7) is 2.68. The number of hydroxylamine groups is 1. The van der Waals surface area contributed by atoms with Gasteiger partial charge in [-0.3, -0.25) is 9.63 Å². The Morgan fingerprint density at radius 1 is 1.02 bits per heavy atom. The second-order valence-corrected chi connectivity index (χ2v) is 10.1. The van der Waals surface area contributed by atoms with E-state index < -0.39 is 23.5 Å². The first-order chi connectivity index (χ1) is 20.8. The molecule has 4 aromatic rings. The van der Waals surface area contributed by atoms with E-state index in [1.54, 1.807) is 24.3 Å². The van der Waals surface area contributed by atoms with Crippen LogP contribution in [0.1, 0.15) is 45.8 Å². The van der Waals surface area contributed by atoms with Crippen LogP contribution in [0.15, 0.2) is 79.0 Å². The van der Waals surface area contributed by atoms with Crippen molar-refractivity contribution in [2.24, 2.45) is 0 Å². The van der Waals surface area contributed by atoms with Gasteiger partial charge in [-0.1, -0.05) is 36.4 Å². The molecule has 1 aliphatic rings. The maximum atomic E-state index is 13.8. The predicted molar refractivity (Wildman–Crippen MR) is 160 cm³/mol. The highest BCUT2D eigenvalue weighted by atomic mass is 19.4. The van der Waals surface area contributed by atoms with E-state index in [2.05, 4.69) is 59.8 Å². The molecule has 5 N–H and O–H groups in total. The summed E-state index contributed by atoms with van der Waals surface area (Å²) in [5.74, 6) is -0.659. The van der Waals surface area contributed by atoms with Crippen LogP contribution in [0.25, 0.3) is 0 Å². The Morgan fingerprint density at radius 3 is 2.58 bits per heavy atom. The van der Waals surface area contributed by atoms with Gasteiger partial charge in [-0.15, -0.1) is 0 Å². The van der Waals surface area contributed by atoms with Crippen LogP contribution in [0.2, 0.25) is 0 Å². The lowest BCUT2D eigenvalue weighted by Crippen LogP contribution is -2.28. The highest BCUT2D eigenvalue weighted by molar-refractivity contribution is 5.99. The molecule has 0 aliphatic carbocycles. The molecule has 1 atom stereocenters. The van der Waals surface area contributed by atoms with Crippen molar-refractivity contribution < 1.29 is 22.8 Å². The smallest absolute Gasteiger partial charge is 0.381 e. The van der Waals surface area contributed by atoms with Crippen LogP contribution in [0, 0.1) is 0 Å². The number of carbonyl (C=O) groups is 1. The lowest BCUT2D eigenvalue weighted by atomic mass is 9.91. The molecule has 1 amide bonds. The van der Waals surface area contributed by atoms with Crippen molar-refractivity contribution in [1.82, 2.24) is 20.8 Å². The van der Waals surface area contributed by atoms with Gasteiger partial charge in [0.05, 0.1) is 18.4 Å². The number of anilines is 5. The average Bonchev–Trinajstić information content (AvgIpc) is 3.01. The van der Waals surface area contributed by atoms with E-state index in [-0.39, 0.29) is 17.2 Å². The summed E-state index contributed by atoms with van der Waals surface area (Å²) in [5.41, 5.74) is 5.27. The summed E-state index contributed by atoms with van der Waals surface area (Å²) < 4.78 is 41.4. The Balaban J connectivity index is 1.27. The molecule has 1 saturated heterocycles. The zero-order valence-corrected chi connectivity index (χ0v) is 23.5. The van der Waals surface area contributed by atoms with E-state index in [4.69, 9.17) is 0 Å². The van der Waals surface area contributed by atoms with E-state index >= 15 is 0 Å². The Hall–Kier alpha value is -4.68. The number of halogens is 3. The molecule has 1 fully saturated rings. The zero-order chi connectivity index (χ0) is 30.2. The van der Waals surface area contributed by atoms with Gasteiger partial charge in [-0.25, -0.2) is 10.5 Å². The third-order valence-corrected chi connectivity index (χ3v) is 7.08. The summed E-state index contributed by atoms with van der Waals surface area (Å²) in [4.78, 5) is 24.9. The van der Waals surface area contributed by atoms with Crippen LogP contribution in [0.5, 0.6) is 0 Å². The molecule has 5 rings (SSSR count). The van der Waals surface area contributed by atoms with Crippen molar-refractivity contribution >= 4 is 34.7 Å². The first kappa shape index (κ1) is 29.8. The Kier molecular flexibility index (Phi) is 9.38. The van der Waals surface area contributed by atoms with Gasteiger partial charge in [-0.05, 0) is 72.8 Å². The monoisotopic (exact) mass is 591 g/mol. The number of piperidine rings is 1. The van der Waals surface area contributed by atoms with Crippen molar-refractivity contribution in [2.45, 2.75) is 31.5 Å². The van der Waals surface area contributed by atoms with Gasteiger partial charge in [0.1, 0.15) is 11.4 Å².